The number of hydrazine groups is 1. The molecular weight excluding hydrogens is 50.8 g/mol. The molecule has 0 fully saturated rings. The zero-order chi connectivity index (χ0) is 3.58. The molecule has 0 aliphatic rings. The molecule has 0 spiro atoms. The summed E-state index contributed by atoms with van der Waals surface area (Å²) in [7, 11) is 3.56. The van der Waals surface area contributed by atoms with Crippen LogP contribution in [0.2, 0.25) is 0 Å². The summed E-state index contributed by atoms with van der Waals surface area (Å²) in [6.45, 7) is 0. The number of nitrogens with two attached hydrogens (primary N) is 1. The predicted octanol–water partition coefficient (Wildman–Crippen LogP) is -1.66. The third-order valence-electron chi connectivity index (χ3n) is 0. The minimum atomic E-state index is 1.50. The number of hydrogen-bond acceptors (Lipinski definition) is 2. The molecule has 24 valence electrons. The Morgan fingerprint density at radius 1 is 2.00 bits per heavy atom. The van der Waals surface area contributed by atoms with Gasteiger partial charge in [-0.25, -0.2) is 0 Å². The van der Waals surface area contributed by atoms with Crippen LogP contribution in [0.15, 0.2) is 0 Å². The van der Waals surface area contributed by atoms with Crippen molar-refractivity contribution in [2.45, 2.75) is 0 Å². The normalized spacial score (nSPS) is 8.75. The Labute approximate surface area is 27.0 Å². The van der Waals surface area contributed by atoms with Crippen LogP contribution in [0.25, 0.3) is 0 Å². The second-order valence-corrected chi connectivity index (χ2v) is 0.964. The summed E-state index contributed by atoms with van der Waals surface area (Å²) >= 11 is 0. The van der Waals surface area contributed by atoms with Crippen molar-refractivity contribution < 1.29 is 0 Å². The molecule has 2 nitrogen and oxygen atoms in total. The molecule has 3 heteroatoms. The quantitative estimate of drug-likeness (QED) is 0.205. The lowest BCUT2D eigenvalue weighted by Gasteiger charge is -1.91. The van der Waals surface area contributed by atoms with E-state index in [1.807, 2.05) is 0 Å². The van der Waals surface area contributed by atoms with Crippen LogP contribution in [0.4, 0.5) is 0 Å². The highest BCUT2D eigenvalue weighted by Gasteiger charge is 1.59. The Morgan fingerprint density at radius 3 is 2.00 bits per heavy atom. The van der Waals surface area contributed by atoms with Gasteiger partial charge in [-0.2, -0.15) is 0 Å². The Bertz CT molecular complexity index is 10.8. The average molecular weight is 57.9 g/mol. The average Bonchev–Trinajstić information content (AvgIpc) is 0.811. The van der Waals surface area contributed by atoms with Gasteiger partial charge in [0, 0.05) is 0 Å². The summed E-state index contributed by atoms with van der Waals surface area (Å²) < 4.78 is 0. The molecule has 0 saturated heterocycles. The summed E-state index contributed by atoms with van der Waals surface area (Å²) in [6, 6.07) is 0. The van der Waals surface area contributed by atoms with Crippen molar-refractivity contribution in [3.05, 3.63) is 0 Å². The molecule has 0 unspecified atom stereocenters. The number of rotatable bonds is 0. The Hall–Kier alpha value is -0.0151. The van der Waals surface area contributed by atoms with E-state index in [0.717, 1.165) is 0 Å². The maximum atomic E-state index is 4.94. The van der Waals surface area contributed by atoms with Crippen molar-refractivity contribution in [1.82, 2.24) is 4.92 Å². The maximum Gasteiger partial charge on any atom is 0.205 e. The van der Waals surface area contributed by atoms with Crippen LogP contribution in [-0.2, 0) is 0 Å². The van der Waals surface area contributed by atoms with Crippen molar-refractivity contribution >= 4 is 7.98 Å². The molecule has 0 bridgehead atoms. The number of nitrogens with zero attached hydrogens (tertiary/aromatic N) is 1. The molecule has 0 amide bonds. The summed E-state index contributed by atoms with van der Waals surface area (Å²) in [5, 5.41) is 0. The molecule has 0 aromatic heterocycles. The minimum Gasteiger partial charge on any atom is -0.298 e. The van der Waals surface area contributed by atoms with Gasteiger partial charge >= 0.3 is 0 Å². The first kappa shape index (κ1) is 3.98. The van der Waals surface area contributed by atoms with Crippen LogP contribution in [0, 0.1) is 0 Å². The van der Waals surface area contributed by atoms with E-state index in [-0.39, 0.29) is 0 Å². The smallest absolute Gasteiger partial charge is 0.205 e. The summed E-state index contributed by atoms with van der Waals surface area (Å²) in [6.07, 6.45) is 0. The van der Waals surface area contributed by atoms with E-state index in [2.05, 4.69) is 0 Å². The van der Waals surface area contributed by atoms with Crippen LogP contribution in [-0.4, -0.2) is 19.9 Å². The van der Waals surface area contributed by atoms with E-state index in [9.17, 15) is 0 Å². The second-order valence-electron chi connectivity index (χ2n) is 0.964. The van der Waals surface area contributed by atoms with Crippen molar-refractivity contribution in [3.63, 3.8) is 0 Å². The van der Waals surface area contributed by atoms with E-state index in [1.54, 1.807) is 15.0 Å². The fourth-order valence-electron chi connectivity index (χ4n) is 0. The van der Waals surface area contributed by atoms with E-state index >= 15 is 0 Å². The van der Waals surface area contributed by atoms with Crippen LogP contribution < -0.4 is 5.84 Å². The van der Waals surface area contributed by atoms with Crippen LogP contribution in [0.1, 0.15) is 0 Å². The summed E-state index contributed by atoms with van der Waals surface area (Å²) in [4.78, 5) is 1.50. The molecule has 0 heterocycles. The summed E-state index contributed by atoms with van der Waals surface area (Å²) in [5.74, 6) is 4.94. The molecule has 0 atom stereocenters. The van der Waals surface area contributed by atoms with Gasteiger partial charge in [0.05, 0.1) is 0 Å². The van der Waals surface area contributed by atoms with Gasteiger partial charge in [0.25, 0.3) is 0 Å². The lowest BCUT2D eigenvalue weighted by atomic mass is 10.4. The largest absolute Gasteiger partial charge is 0.298 e. The monoisotopic (exact) mass is 58.1 g/mol. The van der Waals surface area contributed by atoms with Gasteiger partial charge in [0.15, 0.2) is 0 Å². The molecule has 0 rings (SSSR count). The second kappa shape index (κ2) is 1.32. The van der Waals surface area contributed by atoms with Crippen molar-refractivity contribution in [2.75, 3.05) is 7.05 Å². The highest BCUT2D eigenvalue weighted by Crippen LogP contribution is 1.34. The van der Waals surface area contributed by atoms with Gasteiger partial charge in [-0.05, 0) is 7.05 Å². The van der Waals surface area contributed by atoms with Crippen LogP contribution in [0.5, 0.6) is 0 Å². The lowest BCUT2D eigenvalue weighted by molar-refractivity contribution is 0.587. The SMILES string of the molecule is BN(C)N. The standard InChI is InChI=1S/CH7BN2/c1-4(2)3/h2-3H2,1H3. The highest BCUT2D eigenvalue weighted by molar-refractivity contribution is 6.03. The third kappa shape index (κ3) is 8480. The lowest BCUT2D eigenvalue weighted by Crippen LogP contribution is -2.21. The van der Waals surface area contributed by atoms with Gasteiger partial charge in [-0.3, -0.25) is 10.8 Å². The Morgan fingerprint density at radius 2 is 2.00 bits per heavy atom. The van der Waals surface area contributed by atoms with E-state index in [1.165, 1.54) is 4.92 Å². The van der Waals surface area contributed by atoms with Gasteiger partial charge in [-0.15, -0.1) is 0 Å². The zero-order valence-corrected chi connectivity index (χ0v) is 3.02. The van der Waals surface area contributed by atoms with E-state index < -0.39 is 0 Å². The van der Waals surface area contributed by atoms with Crippen molar-refractivity contribution in [1.29, 1.82) is 0 Å². The molecule has 0 aliphatic heterocycles. The van der Waals surface area contributed by atoms with Crippen molar-refractivity contribution in [2.24, 2.45) is 5.84 Å². The highest BCUT2D eigenvalue weighted by atomic mass is 15.3. The first-order valence-electron chi connectivity index (χ1n) is 1.15. The minimum absolute atomic E-state index is 1.50. The maximum absolute atomic E-state index is 4.94. The van der Waals surface area contributed by atoms with Gasteiger partial charge in [0.2, 0.25) is 7.98 Å². The van der Waals surface area contributed by atoms with E-state index in [0.29, 0.717) is 0 Å². The fraction of sp³-hybridized carbons (Fsp3) is 1.00. The first-order chi connectivity index (χ1) is 1.73. The van der Waals surface area contributed by atoms with Gasteiger partial charge in [-0.1, -0.05) is 0 Å². The molecule has 0 aromatic rings. The topological polar surface area (TPSA) is 29.3 Å². The van der Waals surface area contributed by atoms with Gasteiger partial charge < -0.3 is 0 Å². The number of hydrogen-bond donors (Lipinski definition) is 1. The van der Waals surface area contributed by atoms with E-state index in [4.69, 9.17) is 5.84 Å². The fourth-order valence-corrected chi connectivity index (χ4v) is 0. The van der Waals surface area contributed by atoms with Crippen LogP contribution >= 0.6 is 0 Å². The Kier molecular flexibility index (Phi) is 1.31. The molecule has 0 radical (unpaired) electrons. The molecule has 0 aromatic carbocycles. The molecule has 4 heavy (non-hydrogen) atoms. The molecule has 0 saturated carbocycles. The molecule has 0 aliphatic carbocycles. The van der Waals surface area contributed by atoms with Crippen molar-refractivity contribution in [3.8, 4) is 0 Å². The van der Waals surface area contributed by atoms with Crippen LogP contribution in [0.3, 0.4) is 0 Å². The zero-order valence-electron chi connectivity index (χ0n) is 3.02. The molecule has 2 N–H and O–H groups in total. The van der Waals surface area contributed by atoms with Gasteiger partial charge in [0.1, 0.15) is 0 Å². The Balaban J connectivity index is 2.32. The first-order valence-corrected chi connectivity index (χ1v) is 1.15. The molecular formula is CH7BN2. The summed E-state index contributed by atoms with van der Waals surface area (Å²) in [5.41, 5.74) is 0. The third-order valence-corrected chi connectivity index (χ3v) is 0. The predicted molar refractivity (Wildman–Crippen MR) is 20.5 cm³/mol.